The molecule has 0 radical (unpaired) electrons. The summed E-state index contributed by atoms with van der Waals surface area (Å²) in [5.74, 6) is 0. The molecule has 1 aliphatic rings. The van der Waals surface area contributed by atoms with Crippen molar-refractivity contribution in [3.8, 4) is 11.3 Å². The van der Waals surface area contributed by atoms with E-state index in [1.165, 1.54) is 4.74 Å². The summed E-state index contributed by atoms with van der Waals surface area (Å²) in [6, 6.07) is 23.5. The number of rotatable bonds is 6. The van der Waals surface area contributed by atoms with Gasteiger partial charge >= 0.3 is 5.63 Å². The molecule has 8 heteroatoms. The number of hydrogen-bond donors (Lipinski definition) is 0. The average Bonchev–Trinajstić information content (AvgIpc) is 3.30. The number of fused-ring (bicyclic) bond motifs is 1. The van der Waals surface area contributed by atoms with Crippen LogP contribution in [0.4, 0.5) is 5.69 Å². The molecule has 5 rings (SSSR count). The quantitative estimate of drug-likeness (QED) is 0.186. The minimum Gasteiger partial charge on any atom is -0.335 e. The predicted octanol–water partition coefficient (Wildman–Crippen LogP) is 6.21. The van der Waals surface area contributed by atoms with Crippen molar-refractivity contribution >= 4 is 51.3 Å². The molecule has 0 saturated heterocycles. The molecular formula is C30H30IN2O4S+. The Morgan fingerprint density at radius 3 is 2.18 bits per heavy atom. The van der Waals surface area contributed by atoms with E-state index in [1.807, 2.05) is 42.5 Å². The van der Waals surface area contributed by atoms with Gasteiger partial charge in [0.05, 0.1) is 26.5 Å². The lowest BCUT2D eigenvalue weighted by atomic mass is 9.81. The number of aryl methyl sites for hydroxylation is 1. The van der Waals surface area contributed by atoms with Crippen LogP contribution in [0.3, 0.4) is 0 Å². The van der Waals surface area contributed by atoms with Crippen LogP contribution >= 0.6 is 24.0 Å². The summed E-state index contributed by atoms with van der Waals surface area (Å²) in [5, 5.41) is 0. The SMILES string of the molecule is CC[N+]1=C(C=Cc2c(-c3ccccc3)n(C)oc2=O)C(C)(C)c2cc(S(=O)(=O)c3ccccc3)ccc21.I. The maximum Gasteiger partial charge on any atom is 0.365 e. The molecule has 1 aliphatic heterocycles. The van der Waals surface area contributed by atoms with Gasteiger partial charge in [-0.15, -0.1) is 24.0 Å². The second-order valence-electron chi connectivity index (χ2n) is 9.59. The Labute approximate surface area is 239 Å². The van der Waals surface area contributed by atoms with E-state index in [2.05, 4.69) is 25.3 Å². The number of hydrogen-bond acceptors (Lipinski definition) is 4. The highest BCUT2D eigenvalue weighted by Gasteiger charge is 2.44. The van der Waals surface area contributed by atoms with Gasteiger partial charge in [0.2, 0.25) is 15.5 Å². The topological polar surface area (TPSA) is 72.3 Å². The minimum atomic E-state index is -3.65. The minimum absolute atomic E-state index is 0. The second-order valence-corrected chi connectivity index (χ2v) is 11.5. The molecule has 0 saturated carbocycles. The van der Waals surface area contributed by atoms with Gasteiger partial charge in [0.1, 0.15) is 6.54 Å². The first kappa shape index (κ1) is 27.8. The van der Waals surface area contributed by atoms with Crippen molar-refractivity contribution in [2.75, 3.05) is 6.54 Å². The zero-order valence-corrected chi connectivity index (χ0v) is 24.9. The molecule has 0 amide bonds. The molecule has 3 aromatic carbocycles. The zero-order chi connectivity index (χ0) is 26.4. The summed E-state index contributed by atoms with van der Waals surface area (Å²) in [6.07, 6.45) is 3.76. The van der Waals surface area contributed by atoms with Crippen LogP contribution in [0.25, 0.3) is 17.3 Å². The van der Waals surface area contributed by atoms with Crippen LogP contribution in [0, 0.1) is 0 Å². The van der Waals surface area contributed by atoms with Gasteiger partial charge in [0, 0.05) is 30.3 Å². The average molecular weight is 642 g/mol. The lowest BCUT2D eigenvalue weighted by Gasteiger charge is -2.16. The highest BCUT2D eigenvalue weighted by molar-refractivity contribution is 14.0. The van der Waals surface area contributed by atoms with Gasteiger partial charge in [-0.1, -0.05) is 48.5 Å². The van der Waals surface area contributed by atoms with Gasteiger partial charge in [-0.25, -0.2) is 18.0 Å². The second kappa shape index (κ2) is 10.5. The van der Waals surface area contributed by atoms with Crippen molar-refractivity contribution in [2.24, 2.45) is 7.05 Å². The lowest BCUT2D eigenvalue weighted by molar-refractivity contribution is -0.433. The first-order valence-corrected chi connectivity index (χ1v) is 13.7. The van der Waals surface area contributed by atoms with E-state index in [-0.39, 0.29) is 33.8 Å². The van der Waals surface area contributed by atoms with Gasteiger partial charge in [-0.05, 0) is 51.1 Å². The Kier molecular flexibility index (Phi) is 7.67. The predicted molar refractivity (Wildman–Crippen MR) is 161 cm³/mol. The molecule has 6 nitrogen and oxygen atoms in total. The van der Waals surface area contributed by atoms with Crippen molar-refractivity contribution < 1.29 is 17.5 Å². The van der Waals surface area contributed by atoms with Crippen LogP contribution in [0.1, 0.15) is 31.9 Å². The van der Waals surface area contributed by atoms with E-state index in [1.54, 1.807) is 55.6 Å². The maximum absolute atomic E-state index is 13.3. The Hall–Kier alpha value is -3.24. The Balaban J connectivity index is 0.00000336. The van der Waals surface area contributed by atoms with Crippen molar-refractivity contribution in [1.82, 2.24) is 4.74 Å². The van der Waals surface area contributed by atoms with Crippen LogP contribution < -0.4 is 5.63 Å². The van der Waals surface area contributed by atoms with E-state index in [4.69, 9.17) is 4.52 Å². The standard InChI is InChI=1S/C30H29N2O4S.HI/c1-5-32-26-18-16-23(37(34,35)22-14-10-7-11-15-22)20-25(26)30(2,3)27(32)19-17-24-28(31(4)36-29(24)33)21-12-8-6-9-13-21;/h6-20H,5H2,1-4H3;1H/q+1;. The van der Waals surface area contributed by atoms with Crippen LogP contribution in [0.2, 0.25) is 0 Å². The Morgan fingerprint density at radius 1 is 0.921 bits per heavy atom. The van der Waals surface area contributed by atoms with Crippen molar-refractivity contribution in [3.05, 3.63) is 106 Å². The smallest absolute Gasteiger partial charge is 0.335 e. The summed E-state index contributed by atoms with van der Waals surface area (Å²) in [5.41, 5.74) is 4.01. The summed E-state index contributed by atoms with van der Waals surface area (Å²) in [4.78, 5) is 13.3. The van der Waals surface area contributed by atoms with Crippen LogP contribution in [-0.4, -0.2) is 30.0 Å². The largest absolute Gasteiger partial charge is 0.365 e. The summed E-state index contributed by atoms with van der Waals surface area (Å²) in [7, 11) is -1.93. The van der Waals surface area contributed by atoms with Crippen LogP contribution in [0.5, 0.6) is 0 Å². The normalized spacial score (nSPS) is 14.5. The molecule has 196 valence electrons. The van der Waals surface area contributed by atoms with Crippen LogP contribution in [0.15, 0.2) is 104 Å². The first-order chi connectivity index (χ1) is 17.7. The number of allylic oxidation sites excluding steroid dienone is 1. The zero-order valence-electron chi connectivity index (χ0n) is 21.7. The number of benzene rings is 3. The number of aromatic nitrogens is 1. The van der Waals surface area contributed by atoms with Gasteiger partial charge in [0.15, 0.2) is 5.71 Å². The van der Waals surface area contributed by atoms with E-state index in [0.717, 1.165) is 22.5 Å². The van der Waals surface area contributed by atoms with E-state index in [9.17, 15) is 13.2 Å². The van der Waals surface area contributed by atoms with E-state index < -0.39 is 20.9 Å². The van der Waals surface area contributed by atoms with Gasteiger partial charge in [-0.3, -0.25) is 0 Å². The van der Waals surface area contributed by atoms with Gasteiger partial charge in [0.25, 0.3) is 0 Å². The molecule has 0 N–H and O–H groups in total. The highest BCUT2D eigenvalue weighted by atomic mass is 127. The van der Waals surface area contributed by atoms with Crippen molar-refractivity contribution in [3.63, 3.8) is 0 Å². The number of halogens is 1. The molecular weight excluding hydrogens is 611 g/mol. The van der Waals surface area contributed by atoms with Crippen molar-refractivity contribution in [1.29, 1.82) is 0 Å². The van der Waals surface area contributed by atoms with E-state index in [0.29, 0.717) is 17.8 Å². The summed E-state index contributed by atoms with van der Waals surface area (Å²) < 4.78 is 35.7. The van der Waals surface area contributed by atoms with Crippen molar-refractivity contribution in [2.45, 2.75) is 36.0 Å². The molecule has 0 fully saturated rings. The van der Waals surface area contributed by atoms with Gasteiger partial charge in [-0.2, -0.15) is 4.58 Å². The molecule has 0 unspecified atom stereocenters. The third-order valence-corrected chi connectivity index (χ3v) is 8.78. The molecule has 2 heterocycles. The van der Waals surface area contributed by atoms with E-state index >= 15 is 0 Å². The first-order valence-electron chi connectivity index (χ1n) is 12.2. The molecule has 38 heavy (non-hydrogen) atoms. The molecule has 0 aliphatic carbocycles. The lowest BCUT2D eigenvalue weighted by Crippen LogP contribution is -2.27. The fourth-order valence-electron chi connectivity index (χ4n) is 5.13. The molecule has 1 aromatic heterocycles. The van der Waals surface area contributed by atoms with Gasteiger partial charge < -0.3 is 4.52 Å². The Morgan fingerprint density at radius 2 is 1.55 bits per heavy atom. The molecule has 0 atom stereocenters. The fourth-order valence-corrected chi connectivity index (χ4v) is 6.43. The monoisotopic (exact) mass is 641 g/mol. The third kappa shape index (κ3) is 4.60. The third-order valence-electron chi connectivity index (χ3n) is 7.01. The maximum atomic E-state index is 13.3. The summed E-state index contributed by atoms with van der Waals surface area (Å²) >= 11 is 0. The fraction of sp³-hybridized carbons (Fsp3) is 0.200. The molecule has 4 aromatic rings. The number of sulfone groups is 1. The molecule has 0 spiro atoms. The number of nitrogens with zero attached hydrogens (tertiary/aromatic N) is 2. The van der Waals surface area contributed by atoms with Crippen LogP contribution in [-0.2, 0) is 22.3 Å². The Bertz CT molecular complexity index is 1720. The summed E-state index contributed by atoms with van der Waals surface area (Å²) in [6.45, 7) is 6.90. The molecule has 0 bridgehead atoms. The highest BCUT2D eigenvalue weighted by Crippen LogP contribution is 2.42.